The van der Waals surface area contributed by atoms with Crippen molar-refractivity contribution in [3.63, 3.8) is 0 Å². The van der Waals surface area contributed by atoms with E-state index in [2.05, 4.69) is 0 Å². The lowest BCUT2D eigenvalue weighted by Gasteiger charge is -2.33. The summed E-state index contributed by atoms with van der Waals surface area (Å²) < 4.78 is 61.4. The van der Waals surface area contributed by atoms with Crippen molar-refractivity contribution in [1.29, 1.82) is 0 Å². The average molecular weight is 351 g/mol. The molecule has 0 N–H and O–H groups in total. The largest absolute Gasteiger partial charge is 0.430 e. The van der Waals surface area contributed by atoms with Crippen molar-refractivity contribution in [3.05, 3.63) is 70.8 Å². The summed E-state index contributed by atoms with van der Waals surface area (Å²) >= 11 is 0. The van der Waals surface area contributed by atoms with Crippen LogP contribution in [0.5, 0.6) is 0 Å². The number of ether oxygens (including phenoxy) is 1. The molecular formula is C18H13F4NO2. The first kappa shape index (κ1) is 15.9. The van der Waals surface area contributed by atoms with Crippen LogP contribution in [0.1, 0.15) is 24.0 Å². The number of rotatable bonds is 2. The second-order valence-corrected chi connectivity index (χ2v) is 6.20. The average Bonchev–Trinajstić information content (AvgIpc) is 3.12. The third-order valence-electron chi connectivity index (χ3n) is 4.87. The van der Waals surface area contributed by atoms with Crippen molar-refractivity contribution in [2.45, 2.75) is 24.5 Å². The number of nitrogens with zero attached hydrogens (tertiary/aromatic N) is 1. The van der Waals surface area contributed by atoms with Crippen LogP contribution < -0.4 is 0 Å². The molecule has 2 heterocycles. The van der Waals surface area contributed by atoms with Crippen molar-refractivity contribution >= 4 is 6.09 Å². The SMILES string of the molecule is O=C1OC(c2ccc(F)cc2F)(c2ccc(F)cc2F)[C@@H]2CCCN12. The summed E-state index contributed by atoms with van der Waals surface area (Å²) in [6.45, 7) is 0.400. The van der Waals surface area contributed by atoms with E-state index in [1.54, 1.807) is 0 Å². The number of hydrogen-bond donors (Lipinski definition) is 0. The van der Waals surface area contributed by atoms with Gasteiger partial charge < -0.3 is 9.64 Å². The number of hydrogen-bond acceptors (Lipinski definition) is 2. The zero-order chi connectivity index (χ0) is 17.8. The molecule has 2 aromatic rings. The van der Waals surface area contributed by atoms with Gasteiger partial charge in [0, 0.05) is 29.8 Å². The number of benzene rings is 2. The van der Waals surface area contributed by atoms with Gasteiger partial charge in [0.25, 0.3) is 0 Å². The molecule has 2 aliphatic rings. The summed E-state index contributed by atoms with van der Waals surface area (Å²) in [5, 5.41) is 0. The lowest BCUT2D eigenvalue weighted by Crippen LogP contribution is -2.42. The number of halogens is 4. The summed E-state index contributed by atoms with van der Waals surface area (Å²) in [4.78, 5) is 13.7. The lowest BCUT2D eigenvalue weighted by atomic mass is 9.79. The van der Waals surface area contributed by atoms with Crippen LogP contribution in [-0.4, -0.2) is 23.6 Å². The van der Waals surface area contributed by atoms with E-state index in [4.69, 9.17) is 4.74 Å². The Hall–Kier alpha value is -2.57. The van der Waals surface area contributed by atoms with Crippen molar-refractivity contribution in [2.75, 3.05) is 6.54 Å². The van der Waals surface area contributed by atoms with Gasteiger partial charge in [-0.1, -0.05) is 0 Å². The van der Waals surface area contributed by atoms with E-state index in [0.29, 0.717) is 31.5 Å². The topological polar surface area (TPSA) is 29.5 Å². The lowest BCUT2D eigenvalue weighted by molar-refractivity contribution is 0.0609. The van der Waals surface area contributed by atoms with Gasteiger partial charge in [0.05, 0.1) is 6.04 Å². The minimum atomic E-state index is -1.79. The molecule has 0 saturated carbocycles. The Kier molecular flexibility index (Phi) is 3.49. The van der Waals surface area contributed by atoms with Gasteiger partial charge in [-0.3, -0.25) is 0 Å². The van der Waals surface area contributed by atoms with Crippen LogP contribution in [0.15, 0.2) is 36.4 Å². The third kappa shape index (κ3) is 2.22. The molecule has 2 fully saturated rings. The molecule has 0 aliphatic carbocycles. The molecule has 7 heteroatoms. The highest BCUT2D eigenvalue weighted by Gasteiger charge is 2.59. The Morgan fingerprint density at radius 2 is 1.52 bits per heavy atom. The van der Waals surface area contributed by atoms with E-state index in [1.807, 2.05) is 0 Å². The molecule has 2 aromatic carbocycles. The standard InChI is InChI=1S/C18H13F4NO2/c19-10-3-5-12(14(21)8-10)18(13-6-4-11(20)9-15(13)22)16-2-1-7-23(16)17(24)25-18/h3-6,8-9,16H,1-2,7H2/t16-/m0/s1. The van der Waals surface area contributed by atoms with Crippen molar-refractivity contribution in [3.8, 4) is 0 Å². The maximum absolute atomic E-state index is 14.6. The number of fused-ring (bicyclic) bond motifs is 1. The Morgan fingerprint density at radius 1 is 0.960 bits per heavy atom. The van der Waals surface area contributed by atoms with Gasteiger partial charge >= 0.3 is 6.09 Å². The van der Waals surface area contributed by atoms with Crippen LogP contribution in [-0.2, 0) is 10.3 Å². The van der Waals surface area contributed by atoms with Gasteiger partial charge in [0.15, 0.2) is 5.60 Å². The van der Waals surface area contributed by atoms with Crippen LogP contribution >= 0.6 is 0 Å². The van der Waals surface area contributed by atoms with E-state index >= 15 is 0 Å². The smallest absolute Gasteiger partial charge is 0.411 e. The number of cyclic esters (lactones) is 1. The highest BCUT2D eigenvalue weighted by Crippen LogP contribution is 2.49. The molecule has 0 unspecified atom stereocenters. The monoisotopic (exact) mass is 351 g/mol. The highest BCUT2D eigenvalue weighted by atomic mass is 19.1. The van der Waals surface area contributed by atoms with Crippen molar-refractivity contribution < 1.29 is 27.1 Å². The Bertz CT molecular complexity index is 819. The molecule has 0 bridgehead atoms. The molecule has 1 atom stereocenters. The van der Waals surface area contributed by atoms with Gasteiger partial charge in [-0.15, -0.1) is 0 Å². The summed E-state index contributed by atoms with van der Waals surface area (Å²) in [5.41, 5.74) is -2.09. The van der Waals surface area contributed by atoms with Crippen molar-refractivity contribution in [2.24, 2.45) is 0 Å². The number of carbonyl (C=O) groups excluding carboxylic acids is 1. The van der Waals surface area contributed by atoms with Crippen LogP contribution in [0.2, 0.25) is 0 Å². The Morgan fingerprint density at radius 3 is 2.04 bits per heavy atom. The van der Waals surface area contributed by atoms with Gasteiger partial charge in [-0.25, -0.2) is 22.4 Å². The predicted octanol–water partition coefficient (Wildman–Crippen LogP) is 4.10. The fourth-order valence-corrected chi connectivity index (χ4v) is 3.87. The Balaban J connectivity index is 2.00. The molecule has 0 aromatic heterocycles. The van der Waals surface area contributed by atoms with E-state index in [0.717, 1.165) is 24.3 Å². The first-order valence-electron chi connectivity index (χ1n) is 7.84. The summed E-state index contributed by atoms with van der Waals surface area (Å²) in [7, 11) is 0. The molecule has 2 saturated heterocycles. The van der Waals surface area contributed by atoms with E-state index in [1.165, 1.54) is 4.90 Å². The van der Waals surface area contributed by atoms with Crippen LogP contribution in [0, 0.1) is 23.3 Å². The quantitative estimate of drug-likeness (QED) is 0.763. The second-order valence-electron chi connectivity index (χ2n) is 6.20. The summed E-state index contributed by atoms with van der Waals surface area (Å²) in [5.74, 6) is -3.51. The fourth-order valence-electron chi connectivity index (χ4n) is 3.87. The zero-order valence-electron chi connectivity index (χ0n) is 12.9. The molecule has 130 valence electrons. The highest BCUT2D eigenvalue weighted by molar-refractivity contribution is 5.74. The molecule has 1 amide bonds. The Labute approximate surface area is 140 Å². The van der Waals surface area contributed by atoms with E-state index in [9.17, 15) is 22.4 Å². The molecule has 2 aliphatic heterocycles. The summed E-state index contributed by atoms with van der Waals surface area (Å²) in [6, 6.07) is 4.99. The first-order chi connectivity index (χ1) is 11.9. The predicted molar refractivity (Wildman–Crippen MR) is 79.7 cm³/mol. The molecule has 0 radical (unpaired) electrons. The van der Waals surface area contributed by atoms with Crippen molar-refractivity contribution in [1.82, 2.24) is 4.90 Å². The van der Waals surface area contributed by atoms with Gasteiger partial charge in [0.2, 0.25) is 0 Å². The number of amides is 1. The molecule has 4 rings (SSSR count). The molecule has 3 nitrogen and oxygen atoms in total. The van der Waals surface area contributed by atoms with Gasteiger partial charge in [0.1, 0.15) is 23.3 Å². The first-order valence-corrected chi connectivity index (χ1v) is 7.84. The number of carbonyl (C=O) groups is 1. The van der Waals surface area contributed by atoms with Crippen LogP contribution in [0.3, 0.4) is 0 Å². The van der Waals surface area contributed by atoms with E-state index < -0.39 is 41.0 Å². The third-order valence-corrected chi connectivity index (χ3v) is 4.87. The maximum atomic E-state index is 14.6. The minimum Gasteiger partial charge on any atom is -0.430 e. The maximum Gasteiger partial charge on any atom is 0.411 e. The second kappa shape index (κ2) is 5.47. The summed E-state index contributed by atoms with van der Waals surface area (Å²) in [6.07, 6.45) is 0.405. The molecular weight excluding hydrogens is 338 g/mol. The van der Waals surface area contributed by atoms with Crippen LogP contribution in [0.25, 0.3) is 0 Å². The zero-order valence-corrected chi connectivity index (χ0v) is 12.9. The van der Waals surface area contributed by atoms with E-state index in [-0.39, 0.29) is 11.1 Å². The van der Waals surface area contributed by atoms with Gasteiger partial charge in [-0.2, -0.15) is 0 Å². The molecule has 25 heavy (non-hydrogen) atoms. The molecule has 0 spiro atoms. The fraction of sp³-hybridized carbons (Fsp3) is 0.278. The minimum absolute atomic E-state index is 0.151. The van der Waals surface area contributed by atoms with Gasteiger partial charge in [-0.05, 0) is 37.1 Å². The van der Waals surface area contributed by atoms with Crippen LogP contribution in [0.4, 0.5) is 22.4 Å². The normalized spacial score (nSPS) is 21.4.